The van der Waals surface area contributed by atoms with Gasteiger partial charge in [0.1, 0.15) is 6.61 Å². The zero-order chi connectivity index (χ0) is 16.4. The molecule has 0 radical (unpaired) electrons. The van der Waals surface area contributed by atoms with Crippen LogP contribution in [-0.2, 0) is 11.3 Å². The van der Waals surface area contributed by atoms with Gasteiger partial charge in [0.15, 0.2) is 5.75 Å². The maximum atomic E-state index is 6.23. The molecule has 0 N–H and O–H groups in total. The number of rotatable bonds is 3. The highest BCUT2D eigenvalue weighted by Crippen LogP contribution is 2.38. The molecule has 1 aromatic carbocycles. The molecule has 1 fully saturated rings. The fraction of sp³-hybridized carbons (Fsp3) is 0.412. The third-order valence-corrected chi connectivity index (χ3v) is 4.55. The maximum Gasteiger partial charge on any atom is 0.225 e. The zero-order valence-electron chi connectivity index (χ0n) is 13.3. The molecule has 0 amide bonds. The van der Waals surface area contributed by atoms with Crippen LogP contribution >= 0.6 is 11.6 Å². The summed E-state index contributed by atoms with van der Waals surface area (Å²) in [4.78, 5) is 13.4. The first kappa shape index (κ1) is 15.5. The Kier molecular flexibility index (Phi) is 4.40. The maximum absolute atomic E-state index is 6.23. The van der Waals surface area contributed by atoms with Gasteiger partial charge in [0.2, 0.25) is 5.95 Å². The molecule has 7 heteroatoms. The second kappa shape index (κ2) is 6.83. The molecule has 3 heterocycles. The summed E-state index contributed by atoms with van der Waals surface area (Å²) >= 11 is 6.23. The Hall–Kier alpha value is -2.05. The molecule has 0 saturated carbocycles. The largest absolute Gasteiger partial charge is 0.488 e. The van der Waals surface area contributed by atoms with E-state index >= 15 is 0 Å². The fourth-order valence-corrected chi connectivity index (χ4v) is 3.23. The minimum atomic E-state index is 0.628. The summed E-state index contributed by atoms with van der Waals surface area (Å²) in [5.74, 6) is 1.53. The van der Waals surface area contributed by atoms with Crippen molar-refractivity contribution in [1.29, 1.82) is 0 Å². The van der Waals surface area contributed by atoms with E-state index in [-0.39, 0.29) is 0 Å². The van der Waals surface area contributed by atoms with Crippen LogP contribution in [0, 0.1) is 0 Å². The zero-order valence-corrected chi connectivity index (χ0v) is 14.1. The molecule has 0 bridgehead atoms. The number of para-hydroxylation sites is 1. The van der Waals surface area contributed by atoms with Crippen LogP contribution in [0.5, 0.6) is 5.75 Å². The van der Waals surface area contributed by atoms with E-state index in [4.69, 9.17) is 21.1 Å². The molecular formula is C17H19ClN4O2. The Bertz CT molecular complexity index is 704. The second-order valence-corrected chi connectivity index (χ2v) is 6.26. The van der Waals surface area contributed by atoms with Crippen LogP contribution < -0.4 is 14.5 Å². The molecule has 126 valence electrons. The van der Waals surface area contributed by atoms with Gasteiger partial charge in [0.25, 0.3) is 0 Å². The number of benzene rings is 1. The number of halogens is 1. The Labute approximate surface area is 146 Å². The number of aromatic nitrogens is 2. The van der Waals surface area contributed by atoms with E-state index in [1.165, 1.54) is 0 Å². The Morgan fingerprint density at radius 2 is 1.83 bits per heavy atom. The lowest BCUT2D eigenvalue weighted by Crippen LogP contribution is -2.37. The van der Waals surface area contributed by atoms with Gasteiger partial charge >= 0.3 is 0 Å². The van der Waals surface area contributed by atoms with Gasteiger partial charge in [-0.1, -0.05) is 17.7 Å². The summed E-state index contributed by atoms with van der Waals surface area (Å²) in [7, 11) is 0. The van der Waals surface area contributed by atoms with E-state index in [0.717, 1.165) is 62.3 Å². The fourth-order valence-electron chi connectivity index (χ4n) is 3.01. The number of anilines is 2. The van der Waals surface area contributed by atoms with Gasteiger partial charge in [-0.2, -0.15) is 0 Å². The molecule has 2 aliphatic rings. The normalized spacial score (nSPS) is 17.4. The lowest BCUT2D eigenvalue weighted by atomic mass is 10.2. The van der Waals surface area contributed by atoms with Gasteiger partial charge in [-0.05, 0) is 12.1 Å². The summed E-state index contributed by atoms with van der Waals surface area (Å²) in [6, 6.07) is 5.83. The van der Waals surface area contributed by atoms with Gasteiger partial charge in [0.05, 0.1) is 30.5 Å². The number of morpholine rings is 1. The molecule has 2 aliphatic heterocycles. The highest BCUT2D eigenvalue weighted by Gasteiger charge is 2.21. The number of ether oxygens (including phenoxy) is 2. The second-order valence-electron chi connectivity index (χ2n) is 5.85. The van der Waals surface area contributed by atoms with Crippen molar-refractivity contribution in [2.45, 2.75) is 6.54 Å². The smallest absolute Gasteiger partial charge is 0.225 e. The first-order valence-corrected chi connectivity index (χ1v) is 8.49. The minimum Gasteiger partial charge on any atom is -0.488 e. The summed E-state index contributed by atoms with van der Waals surface area (Å²) in [5.41, 5.74) is 2.09. The molecular weight excluding hydrogens is 328 g/mol. The molecule has 2 aromatic rings. The monoisotopic (exact) mass is 346 g/mol. The van der Waals surface area contributed by atoms with Gasteiger partial charge in [-0.3, -0.25) is 0 Å². The van der Waals surface area contributed by atoms with E-state index in [2.05, 4.69) is 19.8 Å². The Balaban J connectivity index is 1.49. The van der Waals surface area contributed by atoms with Crippen molar-refractivity contribution in [1.82, 2.24) is 9.97 Å². The summed E-state index contributed by atoms with van der Waals surface area (Å²) in [5, 5.41) is 0.649. The van der Waals surface area contributed by atoms with E-state index in [1.807, 2.05) is 30.6 Å². The topological polar surface area (TPSA) is 50.7 Å². The average Bonchev–Trinajstić information content (AvgIpc) is 2.64. The van der Waals surface area contributed by atoms with Crippen molar-refractivity contribution in [2.75, 3.05) is 49.3 Å². The van der Waals surface area contributed by atoms with E-state index in [0.29, 0.717) is 11.6 Å². The van der Waals surface area contributed by atoms with Crippen molar-refractivity contribution in [3.05, 3.63) is 41.2 Å². The molecule has 1 saturated heterocycles. The number of fused-ring (bicyclic) bond motifs is 1. The van der Waals surface area contributed by atoms with Crippen LogP contribution in [0.25, 0.3) is 0 Å². The number of nitrogens with zero attached hydrogens (tertiary/aromatic N) is 4. The lowest BCUT2D eigenvalue weighted by Gasteiger charge is -2.31. The van der Waals surface area contributed by atoms with Crippen LogP contribution in [-0.4, -0.2) is 49.4 Å². The van der Waals surface area contributed by atoms with Gasteiger partial charge < -0.3 is 19.3 Å². The van der Waals surface area contributed by atoms with Crippen LogP contribution in [0.1, 0.15) is 5.56 Å². The first-order chi connectivity index (χ1) is 11.8. The van der Waals surface area contributed by atoms with E-state index in [9.17, 15) is 0 Å². The summed E-state index contributed by atoms with van der Waals surface area (Å²) in [6.45, 7) is 5.33. The third-order valence-electron chi connectivity index (χ3n) is 4.25. The standard InChI is InChI=1S/C17H19ClN4O2/c18-14-2-1-3-15-16(14)24-9-6-22(15)12-13-10-19-17(20-11-13)21-4-7-23-8-5-21/h1-3,10-11H,4-9,12H2. The minimum absolute atomic E-state index is 0.628. The van der Waals surface area contributed by atoms with E-state index < -0.39 is 0 Å². The summed E-state index contributed by atoms with van der Waals surface area (Å²) < 4.78 is 11.1. The van der Waals surface area contributed by atoms with Crippen molar-refractivity contribution in [3.8, 4) is 5.75 Å². The van der Waals surface area contributed by atoms with Crippen molar-refractivity contribution in [3.63, 3.8) is 0 Å². The molecule has 0 aliphatic carbocycles. The molecule has 1 aromatic heterocycles. The quantitative estimate of drug-likeness (QED) is 0.850. The lowest BCUT2D eigenvalue weighted by molar-refractivity contribution is 0.122. The highest BCUT2D eigenvalue weighted by molar-refractivity contribution is 6.32. The molecule has 4 rings (SSSR count). The molecule has 6 nitrogen and oxygen atoms in total. The van der Waals surface area contributed by atoms with Crippen molar-refractivity contribution in [2.24, 2.45) is 0 Å². The Morgan fingerprint density at radius 1 is 1.04 bits per heavy atom. The molecule has 0 unspecified atom stereocenters. The molecule has 24 heavy (non-hydrogen) atoms. The molecule has 0 spiro atoms. The van der Waals surface area contributed by atoms with Crippen LogP contribution in [0.2, 0.25) is 5.02 Å². The van der Waals surface area contributed by atoms with Crippen LogP contribution in [0.4, 0.5) is 11.6 Å². The SMILES string of the molecule is Clc1cccc2c1OCCN2Cc1cnc(N2CCOCC2)nc1. The summed E-state index contributed by atoms with van der Waals surface area (Å²) in [6.07, 6.45) is 3.80. The van der Waals surface area contributed by atoms with Gasteiger partial charge in [-0.25, -0.2) is 9.97 Å². The van der Waals surface area contributed by atoms with Gasteiger partial charge in [-0.15, -0.1) is 0 Å². The number of hydrogen-bond donors (Lipinski definition) is 0. The Morgan fingerprint density at radius 3 is 2.62 bits per heavy atom. The molecule has 0 atom stereocenters. The van der Waals surface area contributed by atoms with Crippen LogP contribution in [0.15, 0.2) is 30.6 Å². The van der Waals surface area contributed by atoms with Crippen molar-refractivity contribution >= 4 is 23.2 Å². The average molecular weight is 347 g/mol. The van der Waals surface area contributed by atoms with E-state index in [1.54, 1.807) is 0 Å². The first-order valence-electron chi connectivity index (χ1n) is 8.11. The predicted octanol–water partition coefficient (Wildman–Crippen LogP) is 2.37. The van der Waals surface area contributed by atoms with Crippen LogP contribution in [0.3, 0.4) is 0 Å². The predicted molar refractivity (Wildman–Crippen MR) is 93.1 cm³/mol. The van der Waals surface area contributed by atoms with Crippen molar-refractivity contribution < 1.29 is 9.47 Å². The number of hydrogen-bond acceptors (Lipinski definition) is 6. The third kappa shape index (κ3) is 3.12. The highest BCUT2D eigenvalue weighted by atomic mass is 35.5. The van der Waals surface area contributed by atoms with Gasteiger partial charge in [0, 0.05) is 37.6 Å².